The SMILES string of the molecule is CCCCCCC(C=C(F)F)O[Si](C)(C)C(C)(C)C. The van der Waals surface area contributed by atoms with Gasteiger partial charge in [-0.1, -0.05) is 53.4 Å². The molecule has 0 aliphatic rings. The maximum atomic E-state index is 12.5. The Labute approximate surface area is 118 Å². The van der Waals surface area contributed by atoms with Crippen molar-refractivity contribution in [1.29, 1.82) is 0 Å². The minimum atomic E-state index is -1.98. The van der Waals surface area contributed by atoms with Gasteiger partial charge in [0.1, 0.15) is 0 Å². The fourth-order valence-corrected chi connectivity index (χ4v) is 2.94. The van der Waals surface area contributed by atoms with E-state index in [0.717, 1.165) is 31.8 Å². The van der Waals surface area contributed by atoms with Crippen LogP contribution in [0.4, 0.5) is 8.78 Å². The molecule has 0 fully saturated rings. The van der Waals surface area contributed by atoms with Crippen molar-refractivity contribution >= 4 is 8.32 Å². The van der Waals surface area contributed by atoms with Crippen LogP contribution in [0.15, 0.2) is 12.2 Å². The van der Waals surface area contributed by atoms with Gasteiger partial charge in [-0.05, 0) is 24.6 Å². The average Bonchev–Trinajstić information content (AvgIpc) is 2.21. The first-order valence-corrected chi connectivity index (χ1v) is 10.2. The summed E-state index contributed by atoms with van der Waals surface area (Å²) in [5.41, 5.74) is 0. The maximum Gasteiger partial charge on any atom is 0.268 e. The summed E-state index contributed by atoms with van der Waals surface area (Å²) in [5, 5.41) is 0.0509. The summed E-state index contributed by atoms with van der Waals surface area (Å²) >= 11 is 0. The van der Waals surface area contributed by atoms with Crippen LogP contribution >= 0.6 is 0 Å². The lowest BCUT2D eigenvalue weighted by molar-refractivity contribution is 0.204. The van der Waals surface area contributed by atoms with Crippen molar-refractivity contribution in [3.8, 4) is 0 Å². The molecule has 19 heavy (non-hydrogen) atoms. The molecule has 0 aromatic carbocycles. The molecule has 0 N–H and O–H groups in total. The standard InChI is InChI=1S/C15H30F2OSi/c1-7-8-9-10-11-13(12-14(16)17)18-19(5,6)15(2,3)4/h12-13H,7-11H2,1-6H3. The van der Waals surface area contributed by atoms with Crippen LogP contribution in [-0.4, -0.2) is 14.4 Å². The maximum absolute atomic E-state index is 12.5. The van der Waals surface area contributed by atoms with E-state index in [9.17, 15) is 8.78 Å². The molecule has 0 aromatic heterocycles. The van der Waals surface area contributed by atoms with Gasteiger partial charge in [0.15, 0.2) is 8.32 Å². The molecule has 0 spiro atoms. The fourth-order valence-electron chi connectivity index (χ4n) is 1.64. The summed E-state index contributed by atoms with van der Waals surface area (Å²) in [4.78, 5) is 0. The number of rotatable bonds is 8. The fraction of sp³-hybridized carbons (Fsp3) is 0.867. The third kappa shape index (κ3) is 7.83. The Balaban J connectivity index is 4.56. The quantitative estimate of drug-likeness (QED) is 0.386. The summed E-state index contributed by atoms with van der Waals surface area (Å²) in [7, 11) is -1.98. The minimum Gasteiger partial charge on any atom is -0.410 e. The molecule has 0 bridgehead atoms. The van der Waals surface area contributed by atoms with Gasteiger partial charge in [-0.25, -0.2) is 0 Å². The van der Waals surface area contributed by atoms with Crippen molar-refractivity contribution in [2.45, 2.75) is 84.0 Å². The zero-order valence-electron chi connectivity index (χ0n) is 13.4. The molecular formula is C15H30F2OSi. The van der Waals surface area contributed by atoms with Gasteiger partial charge < -0.3 is 4.43 Å². The minimum absolute atomic E-state index is 0.0509. The van der Waals surface area contributed by atoms with Crippen molar-refractivity contribution in [1.82, 2.24) is 0 Å². The van der Waals surface area contributed by atoms with Crippen molar-refractivity contribution in [3.05, 3.63) is 12.2 Å². The lowest BCUT2D eigenvalue weighted by Gasteiger charge is -2.38. The smallest absolute Gasteiger partial charge is 0.268 e. The zero-order valence-corrected chi connectivity index (χ0v) is 14.4. The molecule has 1 atom stereocenters. The second-order valence-corrected chi connectivity index (χ2v) is 11.5. The first-order valence-electron chi connectivity index (χ1n) is 7.31. The monoisotopic (exact) mass is 292 g/mol. The highest BCUT2D eigenvalue weighted by Crippen LogP contribution is 2.38. The molecule has 1 unspecified atom stereocenters. The second-order valence-electron chi connectivity index (χ2n) is 6.72. The molecule has 0 amide bonds. The molecule has 114 valence electrons. The Morgan fingerprint density at radius 3 is 2.16 bits per heavy atom. The van der Waals surface area contributed by atoms with E-state index in [-0.39, 0.29) is 5.04 Å². The molecule has 4 heteroatoms. The average molecular weight is 292 g/mol. The van der Waals surface area contributed by atoms with E-state index >= 15 is 0 Å². The Kier molecular flexibility index (Phi) is 8.05. The summed E-state index contributed by atoms with van der Waals surface area (Å²) in [6, 6.07) is 0. The zero-order chi connectivity index (χ0) is 15.1. The number of halogens is 2. The third-order valence-electron chi connectivity index (χ3n) is 3.91. The Bertz CT molecular complexity index is 278. The summed E-state index contributed by atoms with van der Waals surface area (Å²) in [5.74, 6) is 0. The molecule has 0 aliphatic carbocycles. The number of hydrogen-bond donors (Lipinski definition) is 0. The highest BCUT2D eigenvalue weighted by molar-refractivity contribution is 6.74. The van der Waals surface area contributed by atoms with Crippen LogP contribution in [0.3, 0.4) is 0 Å². The van der Waals surface area contributed by atoms with Crippen LogP contribution in [0.5, 0.6) is 0 Å². The van der Waals surface area contributed by atoms with Crippen molar-refractivity contribution in [3.63, 3.8) is 0 Å². The van der Waals surface area contributed by atoms with Gasteiger partial charge in [-0.3, -0.25) is 0 Å². The second kappa shape index (κ2) is 8.15. The number of hydrogen-bond acceptors (Lipinski definition) is 1. The number of unbranched alkanes of at least 4 members (excludes halogenated alkanes) is 3. The van der Waals surface area contributed by atoms with Crippen LogP contribution in [0.2, 0.25) is 18.1 Å². The molecule has 0 heterocycles. The van der Waals surface area contributed by atoms with Crippen LogP contribution < -0.4 is 0 Å². The van der Waals surface area contributed by atoms with E-state index in [0.29, 0.717) is 6.42 Å². The van der Waals surface area contributed by atoms with Crippen molar-refractivity contribution in [2.24, 2.45) is 0 Å². The first kappa shape index (κ1) is 18.8. The molecule has 0 aromatic rings. The van der Waals surface area contributed by atoms with Gasteiger partial charge in [0.25, 0.3) is 6.08 Å². The van der Waals surface area contributed by atoms with Gasteiger partial charge in [0.05, 0.1) is 6.10 Å². The highest BCUT2D eigenvalue weighted by Gasteiger charge is 2.38. The van der Waals surface area contributed by atoms with Crippen LogP contribution in [0.1, 0.15) is 59.8 Å². The lowest BCUT2D eigenvalue weighted by atomic mass is 10.1. The Morgan fingerprint density at radius 1 is 1.16 bits per heavy atom. The topological polar surface area (TPSA) is 9.23 Å². The Morgan fingerprint density at radius 2 is 1.74 bits per heavy atom. The molecule has 0 aliphatic heterocycles. The van der Waals surface area contributed by atoms with E-state index in [1.54, 1.807) is 0 Å². The predicted molar refractivity (Wildman–Crippen MR) is 81.1 cm³/mol. The summed E-state index contributed by atoms with van der Waals surface area (Å²) in [6.07, 6.45) is 4.00. The van der Waals surface area contributed by atoms with E-state index in [4.69, 9.17) is 4.43 Å². The van der Waals surface area contributed by atoms with Crippen LogP contribution in [0.25, 0.3) is 0 Å². The molecule has 0 saturated heterocycles. The van der Waals surface area contributed by atoms with Crippen LogP contribution in [-0.2, 0) is 4.43 Å². The predicted octanol–water partition coefficient (Wildman–Crippen LogP) is 6.13. The van der Waals surface area contributed by atoms with E-state index in [1.165, 1.54) is 0 Å². The van der Waals surface area contributed by atoms with Gasteiger partial charge in [0.2, 0.25) is 0 Å². The highest BCUT2D eigenvalue weighted by atomic mass is 28.4. The first-order chi connectivity index (χ1) is 8.60. The summed E-state index contributed by atoms with van der Waals surface area (Å²) in [6.45, 7) is 12.7. The Hall–Kier alpha value is -0.223. The molecular weight excluding hydrogens is 262 g/mol. The van der Waals surface area contributed by atoms with Gasteiger partial charge >= 0.3 is 0 Å². The van der Waals surface area contributed by atoms with Gasteiger partial charge in [-0.15, -0.1) is 0 Å². The van der Waals surface area contributed by atoms with Gasteiger partial charge in [-0.2, -0.15) is 8.78 Å². The molecule has 1 nitrogen and oxygen atoms in total. The summed E-state index contributed by atoms with van der Waals surface area (Å²) < 4.78 is 31.1. The van der Waals surface area contributed by atoms with E-state index in [1.807, 2.05) is 0 Å². The molecule has 0 radical (unpaired) electrons. The van der Waals surface area contributed by atoms with Gasteiger partial charge in [0, 0.05) is 6.08 Å². The third-order valence-corrected chi connectivity index (χ3v) is 8.41. The van der Waals surface area contributed by atoms with Crippen LogP contribution in [0, 0.1) is 0 Å². The largest absolute Gasteiger partial charge is 0.410 e. The van der Waals surface area contributed by atoms with E-state index < -0.39 is 20.5 Å². The van der Waals surface area contributed by atoms with E-state index in [2.05, 4.69) is 40.8 Å². The van der Waals surface area contributed by atoms with Crippen molar-refractivity contribution in [2.75, 3.05) is 0 Å². The lowest BCUT2D eigenvalue weighted by Crippen LogP contribution is -2.43. The van der Waals surface area contributed by atoms with Crippen molar-refractivity contribution < 1.29 is 13.2 Å². The molecule has 0 rings (SSSR count). The normalized spacial score (nSPS) is 14.3. The molecule has 0 saturated carbocycles.